The average molecular weight is 456 g/mol. The smallest absolute Gasteiger partial charge is 0.220 e. The van der Waals surface area contributed by atoms with E-state index in [0.717, 1.165) is 30.4 Å². The maximum absolute atomic E-state index is 12.2. The van der Waals surface area contributed by atoms with E-state index >= 15 is 0 Å². The predicted molar refractivity (Wildman–Crippen MR) is 136 cm³/mol. The number of carbonyl (C=O) groups excluding carboxylic acids is 1. The van der Waals surface area contributed by atoms with Crippen LogP contribution in [0.1, 0.15) is 73.6 Å². The first-order chi connectivity index (χ1) is 15.3. The van der Waals surface area contributed by atoms with Crippen LogP contribution in [0.4, 0.5) is 0 Å². The lowest BCUT2D eigenvalue weighted by Crippen LogP contribution is -2.52. The highest BCUT2D eigenvalue weighted by Gasteiger charge is 2.47. The molecule has 3 rings (SSSR count). The van der Waals surface area contributed by atoms with E-state index in [1.165, 1.54) is 18.4 Å². The highest BCUT2D eigenvalue weighted by molar-refractivity contribution is 6.06. The molecule has 33 heavy (non-hydrogen) atoms. The van der Waals surface area contributed by atoms with E-state index in [-0.39, 0.29) is 35.0 Å². The minimum atomic E-state index is -0.278. The summed E-state index contributed by atoms with van der Waals surface area (Å²) in [7, 11) is 4.37. The minimum absolute atomic E-state index is 0.124. The van der Waals surface area contributed by atoms with Crippen LogP contribution >= 0.6 is 0 Å². The van der Waals surface area contributed by atoms with Gasteiger partial charge in [0.2, 0.25) is 5.78 Å². The molecule has 3 aliphatic rings. The monoisotopic (exact) mass is 455 g/mol. The van der Waals surface area contributed by atoms with Gasteiger partial charge in [0.1, 0.15) is 0 Å². The molecule has 1 fully saturated rings. The molecule has 0 aromatic rings. The van der Waals surface area contributed by atoms with Gasteiger partial charge >= 0.3 is 0 Å². The average Bonchev–Trinajstić information content (AvgIpc) is 2.78. The van der Waals surface area contributed by atoms with Gasteiger partial charge in [-0.2, -0.15) is 0 Å². The lowest BCUT2D eigenvalue weighted by Gasteiger charge is -2.53. The Morgan fingerprint density at radius 1 is 1.18 bits per heavy atom. The number of fused-ring (bicyclic) bond motifs is 1. The topological polar surface area (TPSA) is 60.8 Å². The zero-order valence-electron chi connectivity index (χ0n) is 22.0. The normalized spacial score (nSPS) is 34.5. The second-order valence-electron chi connectivity index (χ2n) is 11.9. The number of aliphatic hydroxyl groups is 2. The third kappa shape index (κ3) is 4.79. The molecule has 0 amide bonds. The molecule has 3 aliphatic carbocycles. The summed E-state index contributed by atoms with van der Waals surface area (Å²) in [6.07, 6.45) is 11.7. The predicted octanol–water partition coefficient (Wildman–Crippen LogP) is 6.00. The largest absolute Gasteiger partial charge is 0.504 e. The summed E-state index contributed by atoms with van der Waals surface area (Å²) in [6.45, 7) is 13.6. The van der Waals surface area contributed by atoms with Crippen LogP contribution in [-0.2, 0) is 4.79 Å². The second-order valence-corrected chi connectivity index (χ2v) is 11.9. The van der Waals surface area contributed by atoms with Gasteiger partial charge in [-0.05, 0) is 100 Å². The second kappa shape index (κ2) is 9.54. The van der Waals surface area contributed by atoms with Gasteiger partial charge in [0.15, 0.2) is 5.76 Å². The van der Waals surface area contributed by atoms with Crippen LogP contribution in [-0.4, -0.2) is 47.1 Å². The van der Waals surface area contributed by atoms with Gasteiger partial charge in [-0.1, -0.05) is 45.4 Å². The van der Waals surface area contributed by atoms with Crippen LogP contribution in [0, 0.1) is 29.1 Å². The lowest BCUT2D eigenvalue weighted by molar-refractivity contribution is -0.113. The Morgan fingerprint density at radius 2 is 1.85 bits per heavy atom. The van der Waals surface area contributed by atoms with Gasteiger partial charge in [-0.15, -0.1) is 0 Å². The summed E-state index contributed by atoms with van der Waals surface area (Å²) in [6, 6.07) is 0. The molecule has 184 valence electrons. The van der Waals surface area contributed by atoms with Gasteiger partial charge in [-0.25, -0.2) is 0 Å². The molecule has 0 aromatic carbocycles. The Bertz CT molecular complexity index is 908. The molecule has 0 aliphatic heterocycles. The summed E-state index contributed by atoms with van der Waals surface area (Å²) in [5, 5.41) is 20.1. The highest BCUT2D eigenvalue weighted by atomic mass is 16.3. The van der Waals surface area contributed by atoms with Crippen LogP contribution in [0.5, 0.6) is 0 Å². The number of hydrogen-bond acceptors (Lipinski definition) is 4. The van der Waals surface area contributed by atoms with E-state index in [0.29, 0.717) is 23.3 Å². The van der Waals surface area contributed by atoms with Crippen molar-refractivity contribution in [2.24, 2.45) is 29.1 Å². The molecule has 0 aromatic heterocycles. The van der Waals surface area contributed by atoms with E-state index in [9.17, 15) is 15.0 Å². The fourth-order valence-corrected chi connectivity index (χ4v) is 6.50. The number of nitrogens with zero attached hydrogens (tertiary/aromatic N) is 1. The first kappa shape index (κ1) is 26.0. The van der Waals surface area contributed by atoms with Crippen molar-refractivity contribution in [3.63, 3.8) is 0 Å². The van der Waals surface area contributed by atoms with Crippen molar-refractivity contribution >= 4 is 5.78 Å². The number of ketones is 1. The molecule has 1 saturated carbocycles. The zero-order chi connectivity index (χ0) is 24.7. The number of carbonyl (C=O) groups is 1. The molecule has 0 saturated heterocycles. The molecule has 4 heteroatoms. The first-order valence-corrected chi connectivity index (χ1v) is 12.7. The van der Waals surface area contributed by atoms with Crippen molar-refractivity contribution in [2.75, 3.05) is 20.7 Å². The SMILES string of the molecule is CC1=C(O)C(=O)C=C2C1=CC=C([C@@H](C)CC[C@@]1(C)CC[C@@](C)(N(C)C)C[C@H]1[C@H](C)CO)[C@@H]2C. The minimum Gasteiger partial charge on any atom is -0.504 e. The zero-order valence-corrected chi connectivity index (χ0v) is 22.0. The Morgan fingerprint density at radius 3 is 2.45 bits per heavy atom. The summed E-state index contributed by atoms with van der Waals surface area (Å²) in [5.74, 6) is 0.979. The molecule has 0 spiro atoms. The number of aliphatic hydroxyl groups excluding tert-OH is 2. The Hall–Kier alpha value is -1.65. The van der Waals surface area contributed by atoms with Gasteiger partial charge in [0, 0.05) is 23.6 Å². The van der Waals surface area contributed by atoms with Crippen LogP contribution in [0.15, 0.2) is 46.3 Å². The number of rotatable bonds is 7. The van der Waals surface area contributed by atoms with Crippen molar-refractivity contribution < 1.29 is 15.0 Å². The van der Waals surface area contributed by atoms with E-state index in [2.05, 4.69) is 65.8 Å². The molecule has 6 atom stereocenters. The Balaban J connectivity index is 1.77. The molecule has 0 radical (unpaired) electrons. The Kier molecular flexibility index (Phi) is 7.51. The van der Waals surface area contributed by atoms with E-state index in [4.69, 9.17) is 0 Å². The van der Waals surface area contributed by atoms with Crippen molar-refractivity contribution in [1.29, 1.82) is 0 Å². The van der Waals surface area contributed by atoms with Crippen LogP contribution in [0.25, 0.3) is 0 Å². The van der Waals surface area contributed by atoms with Crippen molar-refractivity contribution in [3.05, 3.63) is 46.3 Å². The van der Waals surface area contributed by atoms with Gasteiger partial charge in [0.25, 0.3) is 0 Å². The third-order valence-corrected chi connectivity index (χ3v) is 9.56. The molecule has 2 N–H and O–H groups in total. The molecule has 0 bridgehead atoms. The molecular weight excluding hydrogens is 410 g/mol. The molecule has 0 heterocycles. The first-order valence-electron chi connectivity index (χ1n) is 12.7. The number of hydrogen-bond donors (Lipinski definition) is 2. The van der Waals surface area contributed by atoms with Crippen molar-refractivity contribution in [2.45, 2.75) is 79.2 Å². The van der Waals surface area contributed by atoms with E-state index in [1.54, 1.807) is 6.08 Å². The lowest BCUT2D eigenvalue weighted by atomic mass is 9.56. The van der Waals surface area contributed by atoms with Gasteiger partial charge in [0.05, 0.1) is 0 Å². The molecule has 4 nitrogen and oxygen atoms in total. The van der Waals surface area contributed by atoms with Crippen LogP contribution < -0.4 is 0 Å². The van der Waals surface area contributed by atoms with Crippen molar-refractivity contribution in [3.8, 4) is 0 Å². The summed E-state index contributed by atoms with van der Waals surface area (Å²) in [4.78, 5) is 14.6. The van der Waals surface area contributed by atoms with Gasteiger partial charge < -0.3 is 15.1 Å². The van der Waals surface area contributed by atoms with Crippen molar-refractivity contribution in [1.82, 2.24) is 4.90 Å². The highest BCUT2D eigenvalue weighted by Crippen LogP contribution is 2.53. The summed E-state index contributed by atoms with van der Waals surface area (Å²) >= 11 is 0. The fourth-order valence-electron chi connectivity index (χ4n) is 6.50. The fraction of sp³-hybridized carbons (Fsp3) is 0.690. The maximum Gasteiger partial charge on any atom is 0.220 e. The van der Waals surface area contributed by atoms with Gasteiger partial charge in [-0.3, -0.25) is 4.79 Å². The molecular formula is C29H45NO3. The van der Waals surface area contributed by atoms with Crippen LogP contribution in [0.2, 0.25) is 0 Å². The van der Waals surface area contributed by atoms with Crippen LogP contribution in [0.3, 0.4) is 0 Å². The third-order valence-electron chi connectivity index (χ3n) is 9.56. The quantitative estimate of drug-likeness (QED) is 0.494. The summed E-state index contributed by atoms with van der Waals surface area (Å²) < 4.78 is 0. The van der Waals surface area contributed by atoms with E-state index in [1.807, 2.05) is 6.92 Å². The Labute approximate surface area is 201 Å². The summed E-state index contributed by atoms with van der Waals surface area (Å²) in [5.41, 5.74) is 4.50. The molecule has 0 unspecified atom stereocenters. The maximum atomic E-state index is 12.2. The number of allylic oxidation sites excluding steroid dienone is 7. The standard InChI is InChI=1S/C29H45NO3/c1-18(22-9-10-23-21(4)27(33)26(32)15-24(23)20(22)3)11-12-28(5)13-14-29(6,30(7)8)16-25(28)19(2)17-31/h9-10,15,18-20,25,31,33H,11-14,16-17H2,1-8H3/t18-,19+,20-,25-,28-,29+/m0/s1. The van der Waals surface area contributed by atoms with E-state index < -0.39 is 0 Å².